The van der Waals surface area contributed by atoms with Crippen molar-refractivity contribution < 1.29 is 4.74 Å². The molecule has 0 saturated heterocycles. The molecular formula is C18H24N2O. The van der Waals surface area contributed by atoms with Gasteiger partial charge in [-0.2, -0.15) is 0 Å². The quantitative estimate of drug-likeness (QED) is 0.809. The normalized spacial score (nSPS) is 10.8. The maximum atomic E-state index is 5.67. The summed E-state index contributed by atoms with van der Waals surface area (Å²) in [5, 5.41) is 0. The lowest BCUT2D eigenvalue weighted by molar-refractivity contribution is 0.251. The van der Waals surface area contributed by atoms with Gasteiger partial charge in [-0.25, -0.2) is 0 Å². The van der Waals surface area contributed by atoms with Gasteiger partial charge in [0, 0.05) is 25.2 Å². The molecule has 0 saturated carbocycles. The van der Waals surface area contributed by atoms with E-state index in [1.165, 1.54) is 11.1 Å². The van der Waals surface area contributed by atoms with E-state index >= 15 is 0 Å². The van der Waals surface area contributed by atoms with Gasteiger partial charge in [0.25, 0.3) is 0 Å². The zero-order chi connectivity index (χ0) is 14.9. The molecule has 0 aliphatic carbocycles. The highest BCUT2D eigenvalue weighted by Crippen LogP contribution is 2.20. The molecule has 0 radical (unpaired) electrons. The lowest BCUT2D eigenvalue weighted by Crippen LogP contribution is -2.25. The van der Waals surface area contributed by atoms with Crippen molar-refractivity contribution in [3.8, 4) is 5.75 Å². The van der Waals surface area contributed by atoms with E-state index in [4.69, 9.17) is 10.5 Å². The Morgan fingerprint density at radius 1 is 0.952 bits per heavy atom. The second-order valence-corrected chi connectivity index (χ2v) is 5.15. The van der Waals surface area contributed by atoms with E-state index in [1.54, 1.807) is 7.11 Å². The summed E-state index contributed by atoms with van der Waals surface area (Å²) in [4.78, 5) is 2.42. The number of methoxy groups -OCH3 is 1. The molecule has 2 N–H and O–H groups in total. The number of hydrogen-bond donors (Lipinski definition) is 1. The third-order valence-corrected chi connectivity index (χ3v) is 3.51. The highest BCUT2D eigenvalue weighted by molar-refractivity contribution is 5.33. The highest BCUT2D eigenvalue weighted by Gasteiger charge is 2.10. The number of hydrogen-bond acceptors (Lipinski definition) is 3. The number of nitrogens with two attached hydrogens (primary N) is 1. The zero-order valence-corrected chi connectivity index (χ0v) is 12.7. The molecular weight excluding hydrogens is 260 g/mol. The van der Waals surface area contributed by atoms with Crippen LogP contribution < -0.4 is 10.5 Å². The van der Waals surface area contributed by atoms with E-state index in [1.807, 2.05) is 18.2 Å². The largest absolute Gasteiger partial charge is 0.496 e. The smallest absolute Gasteiger partial charge is 0.123 e. The molecule has 2 aromatic rings. The van der Waals surface area contributed by atoms with Crippen LogP contribution in [0.25, 0.3) is 0 Å². The molecule has 0 fully saturated rings. The molecule has 0 unspecified atom stereocenters. The molecule has 3 heteroatoms. The van der Waals surface area contributed by atoms with Crippen LogP contribution in [0, 0.1) is 0 Å². The first-order valence-corrected chi connectivity index (χ1v) is 7.41. The summed E-state index contributed by atoms with van der Waals surface area (Å²) in [6, 6.07) is 18.7. The van der Waals surface area contributed by atoms with Gasteiger partial charge >= 0.3 is 0 Å². The molecule has 0 heterocycles. The number of benzene rings is 2. The molecule has 21 heavy (non-hydrogen) atoms. The van der Waals surface area contributed by atoms with Gasteiger partial charge in [0.1, 0.15) is 5.75 Å². The van der Waals surface area contributed by atoms with Crippen molar-refractivity contribution in [2.75, 3.05) is 20.2 Å². The Kier molecular flexibility index (Phi) is 6.25. The van der Waals surface area contributed by atoms with Crippen LogP contribution in [0.2, 0.25) is 0 Å². The summed E-state index contributed by atoms with van der Waals surface area (Å²) in [5.74, 6) is 0.948. The molecule has 0 spiro atoms. The average molecular weight is 284 g/mol. The van der Waals surface area contributed by atoms with Gasteiger partial charge < -0.3 is 10.5 Å². The van der Waals surface area contributed by atoms with E-state index in [0.29, 0.717) is 0 Å². The Morgan fingerprint density at radius 3 is 2.38 bits per heavy atom. The van der Waals surface area contributed by atoms with Crippen LogP contribution >= 0.6 is 0 Å². The summed E-state index contributed by atoms with van der Waals surface area (Å²) in [6.07, 6.45) is 1.00. The van der Waals surface area contributed by atoms with Crippen LogP contribution in [0.1, 0.15) is 17.5 Å². The van der Waals surface area contributed by atoms with E-state index < -0.39 is 0 Å². The van der Waals surface area contributed by atoms with Gasteiger partial charge in [-0.05, 0) is 24.6 Å². The molecule has 2 aromatic carbocycles. The molecule has 0 aliphatic heterocycles. The maximum Gasteiger partial charge on any atom is 0.123 e. The van der Waals surface area contributed by atoms with E-state index in [0.717, 1.165) is 38.3 Å². The summed E-state index contributed by atoms with van der Waals surface area (Å²) >= 11 is 0. The van der Waals surface area contributed by atoms with Gasteiger partial charge in [-0.15, -0.1) is 0 Å². The van der Waals surface area contributed by atoms with Crippen molar-refractivity contribution >= 4 is 0 Å². The first-order valence-electron chi connectivity index (χ1n) is 7.41. The molecule has 2 rings (SSSR count). The van der Waals surface area contributed by atoms with Gasteiger partial charge in [0.05, 0.1) is 7.11 Å². The van der Waals surface area contributed by atoms with E-state index in [9.17, 15) is 0 Å². The van der Waals surface area contributed by atoms with Crippen LogP contribution in [0.4, 0.5) is 0 Å². The molecule has 0 aliphatic rings. The van der Waals surface area contributed by atoms with Crippen molar-refractivity contribution in [1.82, 2.24) is 4.90 Å². The van der Waals surface area contributed by atoms with E-state index in [2.05, 4.69) is 41.3 Å². The Balaban J connectivity index is 2.08. The SMILES string of the molecule is COc1ccccc1CN(CCCN)Cc1ccccc1. The lowest BCUT2D eigenvalue weighted by atomic mass is 10.1. The number of rotatable bonds is 8. The lowest BCUT2D eigenvalue weighted by Gasteiger charge is -2.23. The molecule has 0 bridgehead atoms. The van der Waals surface area contributed by atoms with Crippen LogP contribution in [0.15, 0.2) is 54.6 Å². The average Bonchev–Trinajstić information content (AvgIpc) is 2.54. The number of para-hydroxylation sites is 1. The highest BCUT2D eigenvalue weighted by atomic mass is 16.5. The van der Waals surface area contributed by atoms with Gasteiger partial charge in [0.15, 0.2) is 0 Å². The fourth-order valence-corrected chi connectivity index (χ4v) is 2.45. The predicted molar refractivity (Wildman–Crippen MR) is 87.2 cm³/mol. The monoisotopic (exact) mass is 284 g/mol. The topological polar surface area (TPSA) is 38.5 Å². The first-order chi connectivity index (χ1) is 10.3. The van der Waals surface area contributed by atoms with Crippen LogP contribution in [0.3, 0.4) is 0 Å². The fraction of sp³-hybridized carbons (Fsp3) is 0.333. The second kappa shape index (κ2) is 8.45. The van der Waals surface area contributed by atoms with Crippen molar-refractivity contribution in [3.63, 3.8) is 0 Å². The van der Waals surface area contributed by atoms with Crippen LogP contribution in [0.5, 0.6) is 5.75 Å². The summed E-state index contributed by atoms with van der Waals surface area (Å²) in [5.41, 5.74) is 8.21. The van der Waals surface area contributed by atoms with Gasteiger partial charge in [-0.3, -0.25) is 4.90 Å². The zero-order valence-electron chi connectivity index (χ0n) is 12.7. The van der Waals surface area contributed by atoms with Gasteiger partial charge in [0.2, 0.25) is 0 Å². The summed E-state index contributed by atoms with van der Waals surface area (Å²) in [7, 11) is 1.72. The summed E-state index contributed by atoms with van der Waals surface area (Å²) in [6.45, 7) is 3.51. The summed E-state index contributed by atoms with van der Waals surface area (Å²) < 4.78 is 5.45. The standard InChI is InChI=1S/C18H24N2O/c1-21-18-11-6-5-10-17(18)15-20(13-7-12-19)14-16-8-3-2-4-9-16/h2-6,8-11H,7,12-15,19H2,1H3. The molecule has 0 aromatic heterocycles. The third-order valence-electron chi connectivity index (χ3n) is 3.51. The van der Waals surface area contributed by atoms with Gasteiger partial charge in [-0.1, -0.05) is 48.5 Å². The molecule has 0 atom stereocenters. The molecule has 3 nitrogen and oxygen atoms in total. The van der Waals surface area contributed by atoms with E-state index in [-0.39, 0.29) is 0 Å². The predicted octanol–water partition coefficient (Wildman–Crippen LogP) is 3.05. The minimum atomic E-state index is 0.719. The van der Waals surface area contributed by atoms with Crippen molar-refractivity contribution in [1.29, 1.82) is 0 Å². The Morgan fingerprint density at radius 2 is 1.67 bits per heavy atom. The van der Waals surface area contributed by atoms with Crippen molar-refractivity contribution in [3.05, 3.63) is 65.7 Å². The Hall–Kier alpha value is -1.84. The molecule has 112 valence electrons. The maximum absolute atomic E-state index is 5.67. The van der Waals surface area contributed by atoms with Crippen LogP contribution in [-0.2, 0) is 13.1 Å². The second-order valence-electron chi connectivity index (χ2n) is 5.15. The van der Waals surface area contributed by atoms with Crippen molar-refractivity contribution in [2.24, 2.45) is 5.73 Å². The minimum Gasteiger partial charge on any atom is -0.496 e. The Labute approximate surface area is 127 Å². The third kappa shape index (κ3) is 4.88. The Bertz CT molecular complexity index is 528. The number of nitrogens with zero attached hydrogens (tertiary/aromatic N) is 1. The fourth-order valence-electron chi connectivity index (χ4n) is 2.45. The minimum absolute atomic E-state index is 0.719. The number of ether oxygens (including phenoxy) is 1. The van der Waals surface area contributed by atoms with Crippen LogP contribution in [-0.4, -0.2) is 25.1 Å². The first kappa shape index (κ1) is 15.5. The van der Waals surface area contributed by atoms with Crippen molar-refractivity contribution in [2.45, 2.75) is 19.5 Å². The molecule has 0 amide bonds.